The molecule has 1 unspecified atom stereocenters. The van der Waals surface area contributed by atoms with Crippen molar-refractivity contribution in [3.05, 3.63) is 35.7 Å². The van der Waals surface area contributed by atoms with Gasteiger partial charge in [0, 0.05) is 11.6 Å². The molecule has 0 spiro atoms. The van der Waals surface area contributed by atoms with Crippen molar-refractivity contribution in [1.82, 2.24) is 14.9 Å². The SMILES string of the molecule is CCC(NS(=O)(=O)CC)c1ccc(-c2noc(C(F)(F)F)n2)cc1. The average Bonchev–Trinajstić information content (AvgIpc) is 3.03. The van der Waals surface area contributed by atoms with Crippen molar-refractivity contribution in [2.45, 2.75) is 32.5 Å². The molecule has 0 saturated carbocycles. The van der Waals surface area contributed by atoms with Crippen LogP contribution in [0.15, 0.2) is 28.8 Å². The molecule has 0 saturated heterocycles. The second-order valence-corrected chi connectivity index (χ2v) is 7.07. The van der Waals surface area contributed by atoms with Crippen LogP contribution >= 0.6 is 0 Å². The summed E-state index contributed by atoms with van der Waals surface area (Å²) in [7, 11) is -3.37. The second-order valence-electron chi connectivity index (χ2n) is 5.03. The highest BCUT2D eigenvalue weighted by molar-refractivity contribution is 7.89. The van der Waals surface area contributed by atoms with Crippen molar-refractivity contribution in [1.29, 1.82) is 0 Å². The predicted octanol–water partition coefficient (Wildman–Crippen LogP) is 3.15. The Bertz CT molecular complexity index is 786. The normalized spacial score (nSPS) is 13.9. The maximum atomic E-state index is 12.5. The van der Waals surface area contributed by atoms with Gasteiger partial charge in [0.15, 0.2) is 0 Å². The van der Waals surface area contributed by atoms with E-state index in [1.807, 2.05) is 6.92 Å². The zero-order chi connectivity index (χ0) is 18.0. The molecule has 1 aromatic carbocycles. The molecule has 0 aliphatic rings. The molecular formula is C14H16F3N3O3S. The van der Waals surface area contributed by atoms with Gasteiger partial charge in [-0.1, -0.05) is 36.3 Å². The number of sulfonamides is 1. The lowest BCUT2D eigenvalue weighted by Gasteiger charge is -2.17. The van der Waals surface area contributed by atoms with Gasteiger partial charge >= 0.3 is 12.1 Å². The summed E-state index contributed by atoms with van der Waals surface area (Å²) in [5.74, 6) is -1.63. The van der Waals surface area contributed by atoms with Gasteiger partial charge in [-0.2, -0.15) is 18.2 Å². The van der Waals surface area contributed by atoms with Crippen LogP contribution in [0.1, 0.15) is 37.8 Å². The number of nitrogens with zero attached hydrogens (tertiary/aromatic N) is 2. The van der Waals surface area contributed by atoms with Crippen LogP contribution in [0.2, 0.25) is 0 Å². The summed E-state index contributed by atoms with van der Waals surface area (Å²) in [5, 5.41) is 3.30. The first-order valence-corrected chi connectivity index (χ1v) is 8.82. The van der Waals surface area contributed by atoms with E-state index in [0.717, 1.165) is 0 Å². The average molecular weight is 363 g/mol. The Morgan fingerprint density at radius 1 is 1.21 bits per heavy atom. The van der Waals surface area contributed by atoms with E-state index in [4.69, 9.17) is 0 Å². The number of nitrogens with one attached hydrogen (secondary N) is 1. The molecule has 2 aromatic rings. The molecule has 1 heterocycles. The minimum Gasteiger partial charge on any atom is -0.329 e. The van der Waals surface area contributed by atoms with Crippen LogP contribution in [-0.4, -0.2) is 24.3 Å². The summed E-state index contributed by atoms with van der Waals surface area (Å²) in [6.45, 7) is 3.36. The van der Waals surface area contributed by atoms with Gasteiger partial charge in [-0.25, -0.2) is 13.1 Å². The molecule has 0 fully saturated rings. The number of hydrogen-bond acceptors (Lipinski definition) is 5. The lowest BCUT2D eigenvalue weighted by molar-refractivity contribution is -0.159. The first kappa shape index (κ1) is 18.4. The van der Waals surface area contributed by atoms with Crippen molar-refractivity contribution in [3.8, 4) is 11.4 Å². The Hall–Kier alpha value is -1.94. The van der Waals surface area contributed by atoms with E-state index < -0.39 is 28.1 Å². The van der Waals surface area contributed by atoms with E-state index in [9.17, 15) is 21.6 Å². The quantitative estimate of drug-likeness (QED) is 0.852. The largest absolute Gasteiger partial charge is 0.471 e. The van der Waals surface area contributed by atoms with Crippen molar-refractivity contribution in [3.63, 3.8) is 0 Å². The van der Waals surface area contributed by atoms with E-state index in [1.54, 1.807) is 12.1 Å². The highest BCUT2D eigenvalue weighted by atomic mass is 32.2. The van der Waals surface area contributed by atoms with E-state index in [-0.39, 0.29) is 11.6 Å². The van der Waals surface area contributed by atoms with E-state index in [1.165, 1.54) is 19.1 Å². The Balaban J connectivity index is 2.22. The van der Waals surface area contributed by atoms with Gasteiger partial charge in [-0.3, -0.25) is 0 Å². The van der Waals surface area contributed by atoms with E-state index >= 15 is 0 Å². The van der Waals surface area contributed by atoms with Gasteiger partial charge in [0.2, 0.25) is 15.8 Å². The third-order valence-corrected chi connectivity index (χ3v) is 4.75. The van der Waals surface area contributed by atoms with Crippen LogP contribution in [0, 0.1) is 0 Å². The first-order chi connectivity index (χ1) is 11.2. The summed E-state index contributed by atoms with van der Waals surface area (Å²) in [6.07, 6.45) is -4.17. The second kappa shape index (κ2) is 6.89. The first-order valence-electron chi connectivity index (χ1n) is 7.17. The van der Waals surface area contributed by atoms with Gasteiger partial charge in [0.05, 0.1) is 5.75 Å². The molecule has 1 aromatic heterocycles. The predicted molar refractivity (Wildman–Crippen MR) is 80.4 cm³/mol. The molecule has 0 aliphatic heterocycles. The molecule has 24 heavy (non-hydrogen) atoms. The van der Waals surface area contributed by atoms with Crippen LogP contribution in [0.3, 0.4) is 0 Å². The smallest absolute Gasteiger partial charge is 0.329 e. The van der Waals surface area contributed by atoms with Crippen molar-refractivity contribution >= 4 is 10.0 Å². The standard InChI is InChI=1S/C14H16F3N3O3S/c1-3-11(20-24(21,22)4-2)9-5-7-10(8-6-9)12-18-13(23-19-12)14(15,16)17/h5-8,11,20H,3-4H2,1-2H3. The van der Waals surface area contributed by atoms with Crippen molar-refractivity contribution in [2.75, 3.05) is 5.75 Å². The molecule has 132 valence electrons. The highest BCUT2D eigenvalue weighted by Crippen LogP contribution is 2.29. The molecule has 0 aliphatic carbocycles. The van der Waals surface area contributed by atoms with Crippen LogP contribution in [0.4, 0.5) is 13.2 Å². The summed E-state index contributed by atoms with van der Waals surface area (Å²) in [6, 6.07) is 5.85. The Morgan fingerprint density at radius 2 is 1.83 bits per heavy atom. The zero-order valence-corrected chi connectivity index (χ0v) is 13.8. The van der Waals surface area contributed by atoms with Crippen LogP contribution in [0.5, 0.6) is 0 Å². The number of alkyl halides is 3. The van der Waals surface area contributed by atoms with Gasteiger partial charge in [0.1, 0.15) is 0 Å². The molecule has 0 bridgehead atoms. The molecule has 10 heteroatoms. The third kappa shape index (κ3) is 4.32. The number of hydrogen-bond donors (Lipinski definition) is 1. The van der Waals surface area contributed by atoms with Crippen molar-refractivity contribution in [2.24, 2.45) is 0 Å². The number of rotatable bonds is 6. The fourth-order valence-electron chi connectivity index (χ4n) is 2.01. The number of aromatic nitrogens is 2. The van der Waals surface area contributed by atoms with E-state index in [0.29, 0.717) is 17.5 Å². The lowest BCUT2D eigenvalue weighted by Crippen LogP contribution is -2.29. The Labute approximate surface area is 137 Å². The Morgan fingerprint density at radius 3 is 2.29 bits per heavy atom. The van der Waals surface area contributed by atoms with Crippen molar-refractivity contribution < 1.29 is 26.1 Å². The fourth-order valence-corrected chi connectivity index (χ4v) is 2.91. The highest BCUT2D eigenvalue weighted by Gasteiger charge is 2.38. The molecular weight excluding hydrogens is 347 g/mol. The van der Waals surface area contributed by atoms with Gasteiger partial charge in [0.25, 0.3) is 0 Å². The van der Waals surface area contributed by atoms with Crippen LogP contribution in [0.25, 0.3) is 11.4 Å². The van der Waals surface area contributed by atoms with Gasteiger partial charge < -0.3 is 4.52 Å². The maximum absolute atomic E-state index is 12.5. The third-order valence-electron chi connectivity index (χ3n) is 3.35. The van der Waals surface area contributed by atoms with Gasteiger partial charge in [-0.05, 0) is 18.9 Å². The summed E-state index contributed by atoms with van der Waals surface area (Å²) >= 11 is 0. The van der Waals surface area contributed by atoms with Crippen LogP contribution in [-0.2, 0) is 16.2 Å². The Kier molecular flexibility index (Phi) is 5.29. The fraction of sp³-hybridized carbons (Fsp3) is 0.429. The lowest BCUT2D eigenvalue weighted by atomic mass is 10.0. The topological polar surface area (TPSA) is 85.1 Å². The minimum atomic E-state index is -4.70. The van der Waals surface area contributed by atoms with Crippen LogP contribution < -0.4 is 4.72 Å². The number of benzene rings is 1. The molecule has 0 radical (unpaired) electrons. The van der Waals surface area contributed by atoms with E-state index in [2.05, 4.69) is 19.4 Å². The molecule has 6 nitrogen and oxygen atoms in total. The number of halogens is 3. The summed E-state index contributed by atoms with van der Waals surface area (Å²) in [5.41, 5.74) is 1.03. The minimum absolute atomic E-state index is 0.0370. The monoisotopic (exact) mass is 363 g/mol. The molecule has 1 N–H and O–H groups in total. The maximum Gasteiger partial charge on any atom is 0.471 e. The molecule has 2 rings (SSSR count). The zero-order valence-electron chi connectivity index (χ0n) is 13.0. The summed E-state index contributed by atoms with van der Waals surface area (Å²) in [4.78, 5) is 3.30. The molecule has 1 atom stereocenters. The molecule has 0 amide bonds. The van der Waals surface area contributed by atoms with Gasteiger partial charge in [-0.15, -0.1) is 0 Å². The summed E-state index contributed by atoms with van der Waals surface area (Å²) < 4.78 is 67.5.